The lowest BCUT2D eigenvalue weighted by Crippen LogP contribution is -3.08. The average molecular weight is 371 g/mol. The number of benzene rings is 1. The van der Waals surface area contributed by atoms with Crippen molar-refractivity contribution in [3.8, 4) is 0 Å². The van der Waals surface area contributed by atoms with E-state index >= 15 is 0 Å². The zero-order valence-corrected chi connectivity index (χ0v) is 16.7. The molecule has 2 aliphatic heterocycles. The Balaban J connectivity index is 1.35. The second kappa shape index (κ2) is 6.05. The highest BCUT2D eigenvalue weighted by atomic mass is 16.6. The fraction of sp³-hybridized carbons (Fsp3) is 0.696. The van der Waals surface area contributed by atoms with Crippen LogP contribution < -0.4 is 4.90 Å². The molecule has 4 fully saturated rings. The van der Waals surface area contributed by atoms with Gasteiger partial charge in [-0.3, -0.25) is 4.79 Å². The first-order chi connectivity index (χ1) is 12.9. The van der Waals surface area contributed by atoms with Crippen molar-refractivity contribution in [1.29, 1.82) is 0 Å². The number of carbonyl (C=O) groups excluding carboxylic acids is 1. The van der Waals surface area contributed by atoms with E-state index in [2.05, 4.69) is 45.2 Å². The minimum absolute atomic E-state index is 0.00593. The van der Waals surface area contributed by atoms with E-state index < -0.39 is 0 Å². The summed E-state index contributed by atoms with van der Waals surface area (Å²) in [6, 6.07) is 10.5. The van der Waals surface area contributed by atoms with Crippen LogP contribution in [-0.4, -0.2) is 37.4 Å². The first-order valence-electron chi connectivity index (χ1n) is 10.7. The number of hydrogen-bond acceptors (Lipinski definition) is 3. The summed E-state index contributed by atoms with van der Waals surface area (Å²) in [7, 11) is 2.19. The fourth-order valence-corrected chi connectivity index (χ4v) is 6.86. The number of epoxide rings is 1. The lowest BCUT2D eigenvalue weighted by atomic mass is 9.53. The van der Waals surface area contributed by atoms with Crippen LogP contribution in [0.15, 0.2) is 30.3 Å². The molecule has 0 amide bonds. The van der Waals surface area contributed by atoms with E-state index in [4.69, 9.17) is 9.47 Å². The lowest BCUT2D eigenvalue weighted by Gasteiger charge is -2.48. The quantitative estimate of drug-likeness (QED) is 0.653. The van der Waals surface area contributed by atoms with Crippen molar-refractivity contribution >= 4 is 5.97 Å². The van der Waals surface area contributed by atoms with E-state index in [0.717, 1.165) is 19.5 Å². The molecule has 1 spiro atoms. The van der Waals surface area contributed by atoms with Gasteiger partial charge in [-0.15, -0.1) is 0 Å². The summed E-state index contributed by atoms with van der Waals surface area (Å²) in [5, 5.41) is 0. The predicted molar refractivity (Wildman–Crippen MR) is 102 cm³/mol. The van der Waals surface area contributed by atoms with Crippen LogP contribution in [0.3, 0.4) is 0 Å². The van der Waals surface area contributed by atoms with Crippen LogP contribution in [-0.2, 0) is 20.8 Å². The third-order valence-corrected chi connectivity index (χ3v) is 8.11. The summed E-state index contributed by atoms with van der Waals surface area (Å²) in [4.78, 5) is 14.2. The summed E-state index contributed by atoms with van der Waals surface area (Å²) in [5.74, 6) is 0.824. The molecule has 1 N–H and O–H groups in total. The van der Waals surface area contributed by atoms with Gasteiger partial charge in [-0.25, -0.2) is 0 Å². The van der Waals surface area contributed by atoms with Crippen molar-refractivity contribution in [2.45, 2.75) is 63.9 Å². The van der Waals surface area contributed by atoms with Crippen LogP contribution in [0.5, 0.6) is 0 Å². The summed E-state index contributed by atoms with van der Waals surface area (Å²) in [6.45, 7) is 6.51. The Morgan fingerprint density at radius 1 is 1.26 bits per heavy atom. The van der Waals surface area contributed by atoms with E-state index in [-0.39, 0.29) is 41.0 Å². The van der Waals surface area contributed by atoms with E-state index in [9.17, 15) is 4.79 Å². The van der Waals surface area contributed by atoms with Crippen LogP contribution >= 0.6 is 0 Å². The molecule has 0 bridgehead atoms. The van der Waals surface area contributed by atoms with Crippen LogP contribution in [0.2, 0.25) is 0 Å². The van der Waals surface area contributed by atoms with E-state index in [1.54, 1.807) is 0 Å². The molecule has 2 aliphatic carbocycles. The molecule has 146 valence electrons. The highest BCUT2D eigenvalue weighted by Crippen LogP contribution is 2.70. The summed E-state index contributed by atoms with van der Waals surface area (Å²) < 4.78 is 12.5. The maximum absolute atomic E-state index is 12.8. The maximum atomic E-state index is 12.8. The van der Waals surface area contributed by atoms with Gasteiger partial charge in [-0.2, -0.15) is 0 Å². The number of esters is 1. The monoisotopic (exact) mass is 370 g/mol. The SMILES string of the molecule is C[C@H]1CCC[C@]2(C)C[C@H]3OC(=O)[C@H](C[NH+](C)Cc4ccccc4)[C@H]3[C@@H]3O[C@@]132. The molecule has 4 nitrogen and oxygen atoms in total. The van der Waals surface area contributed by atoms with Gasteiger partial charge in [0.2, 0.25) is 0 Å². The maximum Gasteiger partial charge on any atom is 0.315 e. The molecule has 1 unspecified atom stereocenters. The standard InChI is InChI=1S/C23H31NO3/c1-15-8-7-11-22(2)12-18-19(20-23(15,22)27-20)17(21(25)26-18)14-24(3)13-16-9-5-4-6-10-16/h4-6,9-10,15,17-20H,7-8,11-14H2,1-3H3/p+1/t15-,17+,18+,19+,20-,22+,23-/m0/s1. The van der Waals surface area contributed by atoms with Crippen molar-refractivity contribution in [2.75, 3.05) is 13.6 Å². The number of ether oxygens (including phenoxy) is 2. The van der Waals surface area contributed by atoms with Crippen molar-refractivity contribution in [3.63, 3.8) is 0 Å². The van der Waals surface area contributed by atoms with Gasteiger partial charge < -0.3 is 14.4 Å². The molecular weight excluding hydrogens is 338 g/mol. The number of carbonyl (C=O) groups is 1. The smallest absolute Gasteiger partial charge is 0.315 e. The normalized spacial score (nSPS) is 46.0. The number of nitrogens with one attached hydrogen (secondary N) is 1. The van der Waals surface area contributed by atoms with E-state index in [0.29, 0.717) is 5.92 Å². The number of quaternary nitrogens is 1. The first kappa shape index (κ1) is 17.7. The Labute approximate surface area is 162 Å². The van der Waals surface area contributed by atoms with Crippen molar-refractivity contribution in [1.82, 2.24) is 0 Å². The second-order valence-corrected chi connectivity index (χ2v) is 9.87. The summed E-state index contributed by atoms with van der Waals surface area (Å²) in [5.41, 5.74) is 1.50. The largest absolute Gasteiger partial charge is 0.462 e. The van der Waals surface area contributed by atoms with Crippen molar-refractivity contribution in [3.05, 3.63) is 35.9 Å². The van der Waals surface area contributed by atoms with Crippen molar-refractivity contribution < 1.29 is 19.2 Å². The molecule has 2 saturated carbocycles. The molecule has 2 saturated heterocycles. The second-order valence-electron chi connectivity index (χ2n) is 9.87. The Morgan fingerprint density at radius 2 is 2.04 bits per heavy atom. The predicted octanol–water partition coefficient (Wildman–Crippen LogP) is 2.23. The first-order valence-corrected chi connectivity index (χ1v) is 10.7. The molecule has 4 heteroatoms. The fourth-order valence-electron chi connectivity index (χ4n) is 6.86. The van der Waals surface area contributed by atoms with E-state index in [1.165, 1.54) is 29.7 Å². The highest BCUT2D eigenvalue weighted by Gasteiger charge is 2.78. The number of hydrogen-bond donors (Lipinski definition) is 1. The van der Waals surface area contributed by atoms with Gasteiger partial charge in [0.1, 0.15) is 24.2 Å². The van der Waals surface area contributed by atoms with E-state index in [1.807, 2.05) is 6.07 Å². The minimum Gasteiger partial charge on any atom is -0.462 e. The molecule has 1 aromatic carbocycles. The Bertz CT molecular complexity index is 736. The Morgan fingerprint density at radius 3 is 2.81 bits per heavy atom. The molecule has 1 aromatic rings. The van der Waals surface area contributed by atoms with Gasteiger partial charge >= 0.3 is 5.97 Å². The Kier molecular flexibility index (Phi) is 3.97. The number of fused-ring (bicyclic) bond motifs is 2. The molecule has 2 heterocycles. The van der Waals surface area contributed by atoms with Gasteiger partial charge in [0, 0.05) is 16.9 Å². The van der Waals surface area contributed by atoms with Crippen LogP contribution in [0.1, 0.15) is 45.1 Å². The van der Waals surface area contributed by atoms with Gasteiger partial charge in [0.05, 0.1) is 19.7 Å². The average Bonchev–Trinajstić information content (AvgIpc) is 3.31. The lowest BCUT2D eigenvalue weighted by molar-refractivity contribution is -0.896. The zero-order chi connectivity index (χ0) is 18.8. The van der Waals surface area contributed by atoms with Gasteiger partial charge in [0.25, 0.3) is 0 Å². The molecule has 0 radical (unpaired) electrons. The van der Waals surface area contributed by atoms with Gasteiger partial charge in [0.15, 0.2) is 0 Å². The Hall–Kier alpha value is -1.39. The molecule has 4 aliphatic rings. The molecule has 8 atom stereocenters. The minimum atomic E-state index is -0.0261. The molecule has 5 rings (SSSR count). The van der Waals surface area contributed by atoms with Crippen LogP contribution in [0.4, 0.5) is 0 Å². The van der Waals surface area contributed by atoms with Crippen LogP contribution in [0, 0.1) is 23.2 Å². The van der Waals surface area contributed by atoms with Gasteiger partial charge in [-0.1, -0.05) is 50.6 Å². The highest BCUT2D eigenvalue weighted by molar-refractivity contribution is 5.76. The third kappa shape index (κ3) is 2.52. The molecular formula is C23H32NO3+. The topological polar surface area (TPSA) is 43.3 Å². The number of rotatable bonds is 4. The third-order valence-electron chi connectivity index (χ3n) is 8.11. The summed E-state index contributed by atoms with van der Waals surface area (Å²) in [6.07, 6.45) is 4.99. The summed E-state index contributed by atoms with van der Waals surface area (Å²) >= 11 is 0. The van der Waals surface area contributed by atoms with Crippen molar-refractivity contribution in [2.24, 2.45) is 23.2 Å². The molecule has 0 aromatic heterocycles. The molecule has 27 heavy (non-hydrogen) atoms. The zero-order valence-electron chi connectivity index (χ0n) is 16.7. The van der Waals surface area contributed by atoms with Crippen LogP contribution in [0.25, 0.3) is 0 Å². The van der Waals surface area contributed by atoms with Gasteiger partial charge in [-0.05, 0) is 25.2 Å².